The summed E-state index contributed by atoms with van der Waals surface area (Å²) in [6.07, 6.45) is 0.789. The number of carbonyl (C=O) groups excluding carboxylic acids is 2. The lowest BCUT2D eigenvalue weighted by Gasteiger charge is -2.18. The van der Waals surface area contributed by atoms with Gasteiger partial charge in [-0.25, -0.2) is 4.68 Å². The topological polar surface area (TPSA) is 88.3 Å². The molecule has 0 saturated heterocycles. The van der Waals surface area contributed by atoms with E-state index >= 15 is 0 Å². The predicted molar refractivity (Wildman–Crippen MR) is 144 cm³/mol. The Balaban J connectivity index is 1.46. The average molecular weight is 510 g/mol. The zero-order chi connectivity index (χ0) is 25.4. The third-order valence-corrected chi connectivity index (χ3v) is 7.17. The number of para-hydroxylation sites is 1. The Labute approximate surface area is 217 Å². The first kappa shape index (κ1) is 22.9. The van der Waals surface area contributed by atoms with Crippen molar-refractivity contribution in [3.63, 3.8) is 0 Å². The number of anilines is 2. The number of fused-ring (bicyclic) bond motifs is 2. The Morgan fingerprint density at radius 1 is 1.03 bits per heavy atom. The molecule has 0 radical (unpaired) electrons. The zero-order valence-corrected chi connectivity index (χ0v) is 20.9. The van der Waals surface area contributed by atoms with Crippen LogP contribution in [0.15, 0.2) is 88.3 Å². The number of nitrogens with zero attached hydrogens (tertiary/aromatic N) is 4. The Kier molecular flexibility index (Phi) is 5.90. The Morgan fingerprint density at radius 3 is 2.70 bits per heavy atom. The van der Waals surface area contributed by atoms with Gasteiger partial charge < -0.3 is 15.0 Å². The van der Waals surface area contributed by atoms with Crippen molar-refractivity contribution in [2.45, 2.75) is 6.42 Å². The van der Waals surface area contributed by atoms with Gasteiger partial charge in [0, 0.05) is 30.1 Å². The second-order valence-electron chi connectivity index (χ2n) is 8.71. The van der Waals surface area contributed by atoms with Crippen LogP contribution in [0.3, 0.4) is 0 Å². The summed E-state index contributed by atoms with van der Waals surface area (Å²) in [6.45, 7) is 0.575. The van der Waals surface area contributed by atoms with Crippen molar-refractivity contribution in [3.8, 4) is 17.0 Å². The fraction of sp³-hybridized carbons (Fsp3) is 0.143. The highest BCUT2D eigenvalue weighted by molar-refractivity contribution is 7.07. The normalized spacial score (nSPS) is 16.0. The van der Waals surface area contributed by atoms with Crippen LogP contribution in [0, 0.1) is 0 Å². The number of ether oxygens (including phenoxy) is 1. The van der Waals surface area contributed by atoms with Crippen molar-refractivity contribution in [3.05, 3.63) is 94.1 Å². The van der Waals surface area contributed by atoms with Crippen molar-refractivity contribution < 1.29 is 14.3 Å². The lowest BCUT2D eigenvalue weighted by molar-refractivity contribution is -0.118. The van der Waals surface area contributed by atoms with Crippen LogP contribution >= 0.6 is 11.3 Å². The van der Waals surface area contributed by atoms with Gasteiger partial charge in [-0.2, -0.15) is 5.10 Å². The highest BCUT2D eigenvalue weighted by atomic mass is 32.1. The molecule has 0 saturated carbocycles. The molecule has 2 amide bonds. The molecule has 8 nitrogen and oxygen atoms in total. The molecule has 0 bridgehead atoms. The summed E-state index contributed by atoms with van der Waals surface area (Å²) in [5, 5.41) is 9.68. The molecule has 1 N–H and O–H groups in total. The Morgan fingerprint density at radius 2 is 1.84 bits per heavy atom. The second kappa shape index (κ2) is 9.51. The van der Waals surface area contributed by atoms with Gasteiger partial charge in [-0.05, 0) is 36.2 Å². The number of rotatable bonds is 5. The van der Waals surface area contributed by atoms with Crippen molar-refractivity contribution in [1.29, 1.82) is 0 Å². The monoisotopic (exact) mass is 509 g/mol. The van der Waals surface area contributed by atoms with E-state index in [-0.39, 0.29) is 18.4 Å². The first-order valence-electron chi connectivity index (χ1n) is 11.9. The molecule has 6 rings (SSSR count). The molecule has 2 aliphatic heterocycles. The van der Waals surface area contributed by atoms with Crippen LogP contribution in [0.1, 0.15) is 11.1 Å². The number of aromatic nitrogens is 1. The van der Waals surface area contributed by atoms with E-state index in [0.717, 1.165) is 28.9 Å². The number of hydrogen-bond donors (Lipinski definition) is 1. The predicted octanol–water partition coefficient (Wildman–Crippen LogP) is 3.92. The van der Waals surface area contributed by atoms with Gasteiger partial charge in [0.2, 0.25) is 4.80 Å². The minimum absolute atomic E-state index is 0.00205. The number of benzene rings is 3. The average Bonchev–Trinajstić information content (AvgIpc) is 3.43. The molecule has 9 heteroatoms. The van der Waals surface area contributed by atoms with Gasteiger partial charge in [0.1, 0.15) is 5.75 Å². The summed E-state index contributed by atoms with van der Waals surface area (Å²) in [7, 11) is 1.75. The van der Waals surface area contributed by atoms with E-state index in [1.807, 2.05) is 66.0 Å². The number of nitrogens with one attached hydrogen (secondary N) is 1. The van der Waals surface area contributed by atoms with Gasteiger partial charge in [-0.3, -0.25) is 14.6 Å². The van der Waals surface area contributed by atoms with Gasteiger partial charge in [0.25, 0.3) is 11.8 Å². The maximum Gasteiger partial charge on any atom is 0.279 e. The van der Waals surface area contributed by atoms with Crippen molar-refractivity contribution in [2.75, 3.05) is 30.4 Å². The van der Waals surface area contributed by atoms with E-state index in [1.165, 1.54) is 16.9 Å². The highest BCUT2D eigenvalue weighted by Crippen LogP contribution is 2.33. The lowest BCUT2D eigenvalue weighted by Crippen LogP contribution is -2.27. The van der Waals surface area contributed by atoms with E-state index in [4.69, 9.17) is 14.8 Å². The van der Waals surface area contributed by atoms with Gasteiger partial charge >= 0.3 is 0 Å². The molecular formula is C28H23N5O3S. The summed E-state index contributed by atoms with van der Waals surface area (Å²) >= 11 is 1.46. The summed E-state index contributed by atoms with van der Waals surface area (Å²) in [6, 6.07) is 23.4. The maximum atomic E-state index is 13.2. The molecule has 1 aromatic heterocycles. The third kappa shape index (κ3) is 4.34. The third-order valence-electron chi connectivity index (χ3n) is 6.31. The SMILES string of the molecule is CN1C(=O)C(=Nn2c(-c3ccc4c(c3)NC(=O)CO4)csc2=NCCc2ccccc2)c2ccccc21. The van der Waals surface area contributed by atoms with E-state index < -0.39 is 0 Å². The molecule has 0 unspecified atom stereocenters. The number of amides is 2. The summed E-state index contributed by atoms with van der Waals surface area (Å²) < 4.78 is 7.25. The molecule has 0 fully saturated rings. The van der Waals surface area contributed by atoms with Gasteiger partial charge in [0.05, 0.1) is 17.1 Å². The first-order valence-corrected chi connectivity index (χ1v) is 12.7. The van der Waals surface area contributed by atoms with E-state index in [0.29, 0.717) is 28.5 Å². The molecule has 0 atom stereocenters. The second-order valence-corrected chi connectivity index (χ2v) is 9.55. The van der Waals surface area contributed by atoms with Crippen LogP contribution in [-0.4, -0.2) is 42.4 Å². The van der Waals surface area contributed by atoms with Crippen molar-refractivity contribution in [2.24, 2.45) is 10.1 Å². The van der Waals surface area contributed by atoms with Crippen molar-refractivity contribution >= 4 is 40.2 Å². The molecule has 4 aromatic rings. The number of likely N-dealkylation sites (N-methyl/N-ethyl adjacent to an activating group) is 1. The Hall–Kier alpha value is -4.50. The number of carbonyl (C=O) groups is 2. The van der Waals surface area contributed by atoms with Gasteiger partial charge in [-0.1, -0.05) is 48.5 Å². The van der Waals surface area contributed by atoms with Crippen LogP contribution in [0.2, 0.25) is 0 Å². The van der Waals surface area contributed by atoms with Crippen LogP contribution < -0.4 is 19.8 Å². The van der Waals surface area contributed by atoms with Crippen LogP contribution in [0.4, 0.5) is 11.4 Å². The minimum atomic E-state index is -0.198. The molecule has 184 valence electrons. The Bertz CT molecular complexity index is 1620. The molecule has 3 aromatic carbocycles. The lowest BCUT2D eigenvalue weighted by atomic mass is 10.1. The fourth-order valence-electron chi connectivity index (χ4n) is 4.42. The summed E-state index contributed by atoms with van der Waals surface area (Å²) in [5.41, 5.74) is 5.34. The smallest absolute Gasteiger partial charge is 0.279 e. The standard InChI is InChI=1S/C28H23N5O3S/c1-32-22-10-6-5-9-20(22)26(27(32)35)31-33-23(19-11-12-24-21(15-19)30-25(34)16-36-24)17-37-28(33)29-14-13-18-7-3-2-4-8-18/h2-12,15,17H,13-14,16H2,1H3,(H,30,34). The van der Waals surface area contributed by atoms with Gasteiger partial charge in [0.15, 0.2) is 12.3 Å². The number of thiazole rings is 1. The van der Waals surface area contributed by atoms with Crippen molar-refractivity contribution in [1.82, 2.24) is 4.68 Å². The minimum Gasteiger partial charge on any atom is -0.482 e. The molecule has 37 heavy (non-hydrogen) atoms. The van der Waals surface area contributed by atoms with Crippen LogP contribution in [0.25, 0.3) is 11.3 Å². The highest BCUT2D eigenvalue weighted by Gasteiger charge is 2.31. The fourth-order valence-corrected chi connectivity index (χ4v) is 5.27. The van der Waals surface area contributed by atoms with E-state index in [2.05, 4.69) is 17.4 Å². The molecule has 3 heterocycles. The number of hydrogen-bond acceptors (Lipinski definition) is 6. The molecule has 0 aliphatic carbocycles. The van der Waals surface area contributed by atoms with Gasteiger partial charge in [-0.15, -0.1) is 11.3 Å². The molecule has 2 aliphatic rings. The summed E-state index contributed by atoms with van der Waals surface area (Å²) in [4.78, 5) is 32.2. The quantitative estimate of drug-likeness (QED) is 0.442. The largest absolute Gasteiger partial charge is 0.482 e. The molecular weight excluding hydrogens is 486 g/mol. The van der Waals surface area contributed by atoms with Crippen LogP contribution in [0.5, 0.6) is 5.75 Å². The van der Waals surface area contributed by atoms with E-state index in [1.54, 1.807) is 16.6 Å². The summed E-state index contributed by atoms with van der Waals surface area (Å²) in [5.74, 6) is 0.244. The molecule has 0 spiro atoms. The zero-order valence-electron chi connectivity index (χ0n) is 20.0. The van der Waals surface area contributed by atoms with E-state index in [9.17, 15) is 9.59 Å². The first-order chi connectivity index (χ1) is 18.1. The maximum absolute atomic E-state index is 13.2. The van der Waals surface area contributed by atoms with Crippen LogP contribution in [-0.2, 0) is 16.0 Å².